The number of fused-ring (bicyclic) bond motifs is 2. The third-order valence-corrected chi connectivity index (χ3v) is 5.86. The minimum absolute atomic E-state index is 0.00430. The van der Waals surface area contributed by atoms with Gasteiger partial charge in [-0.1, -0.05) is 63.2 Å². The van der Waals surface area contributed by atoms with Gasteiger partial charge in [0.25, 0.3) is 0 Å². The fourth-order valence-electron chi connectivity index (χ4n) is 3.99. The largest absolute Gasteiger partial charge is 0.454 e. The Kier molecular flexibility index (Phi) is 5.25. The van der Waals surface area contributed by atoms with Gasteiger partial charge in [-0.05, 0) is 46.7 Å². The molecule has 1 atom stereocenters. The van der Waals surface area contributed by atoms with E-state index in [2.05, 4.69) is 25.8 Å². The highest BCUT2D eigenvalue weighted by Crippen LogP contribution is 2.38. The first-order chi connectivity index (χ1) is 15.9. The van der Waals surface area contributed by atoms with Gasteiger partial charge in [-0.15, -0.1) is 0 Å². The van der Waals surface area contributed by atoms with Gasteiger partial charge < -0.3 is 14.2 Å². The second-order valence-corrected chi connectivity index (χ2v) is 9.14. The Morgan fingerprint density at radius 1 is 0.939 bits per heavy atom. The van der Waals surface area contributed by atoms with Crippen LogP contribution in [0.2, 0.25) is 0 Å². The van der Waals surface area contributed by atoms with Crippen molar-refractivity contribution in [1.29, 1.82) is 0 Å². The van der Waals surface area contributed by atoms with Gasteiger partial charge in [0.15, 0.2) is 17.6 Å². The number of nitrogens with zero attached hydrogens (tertiary/aromatic N) is 1. The number of rotatable bonds is 4. The standard InChI is InChI=1S/C28H25NO4/c1-28(2,3)21-11-8-19(9-12-21)27(30)33-26(20-10-13-23-24(16-20)32-17-31-23)25-22-7-5-4-6-18(22)14-15-29-25/h4-16,26H,17H2,1-3H3/t26-/m1/s1. The number of esters is 1. The Labute approximate surface area is 192 Å². The van der Waals surface area contributed by atoms with Crippen molar-refractivity contribution in [2.45, 2.75) is 32.3 Å². The van der Waals surface area contributed by atoms with E-state index in [1.165, 1.54) is 0 Å². The molecular weight excluding hydrogens is 414 g/mol. The summed E-state index contributed by atoms with van der Waals surface area (Å²) in [6.45, 7) is 6.60. The summed E-state index contributed by atoms with van der Waals surface area (Å²) in [7, 11) is 0. The Hall–Kier alpha value is -3.86. The number of carbonyl (C=O) groups is 1. The number of hydrogen-bond acceptors (Lipinski definition) is 5. The van der Waals surface area contributed by atoms with Crippen LogP contribution in [-0.4, -0.2) is 17.7 Å². The van der Waals surface area contributed by atoms with E-state index in [0.717, 1.165) is 21.9 Å². The number of benzene rings is 3. The molecular formula is C28H25NO4. The van der Waals surface area contributed by atoms with Gasteiger partial charge in [0.2, 0.25) is 6.79 Å². The molecule has 3 aromatic carbocycles. The molecule has 0 saturated carbocycles. The molecule has 5 nitrogen and oxygen atoms in total. The van der Waals surface area contributed by atoms with Crippen molar-refractivity contribution in [3.63, 3.8) is 0 Å². The maximum atomic E-state index is 13.2. The highest BCUT2D eigenvalue weighted by Gasteiger charge is 2.26. The average Bonchev–Trinajstić information content (AvgIpc) is 3.30. The van der Waals surface area contributed by atoms with Gasteiger partial charge in [-0.2, -0.15) is 0 Å². The van der Waals surface area contributed by atoms with Gasteiger partial charge >= 0.3 is 5.97 Å². The van der Waals surface area contributed by atoms with E-state index in [4.69, 9.17) is 14.2 Å². The van der Waals surface area contributed by atoms with E-state index in [1.54, 1.807) is 6.20 Å². The van der Waals surface area contributed by atoms with Gasteiger partial charge in [0, 0.05) is 17.1 Å². The molecule has 166 valence electrons. The summed E-state index contributed by atoms with van der Waals surface area (Å²) in [5.74, 6) is 0.892. The zero-order valence-corrected chi connectivity index (χ0v) is 18.9. The number of hydrogen-bond donors (Lipinski definition) is 0. The van der Waals surface area contributed by atoms with Crippen LogP contribution < -0.4 is 9.47 Å². The molecule has 33 heavy (non-hydrogen) atoms. The van der Waals surface area contributed by atoms with E-state index in [9.17, 15) is 4.79 Å². The first-order valence-electron chi connectivity index (χ1n) is 10.9. The number of ether oxygens (including phenoxy) is 3. The first-order valence-corrected chi connectivity index (χ1v) is 10.9. The molecule has 0 spiro atoms. The van der Waals surface area contributed by atoms with Crippen molar-refractivity contribution in [1.82, 2.24) is 4.98 Å². The Morgan fingerprint density at radius 2 is 1.70 bits per heavy atom. The quantitative estimate of drug-likeness (QED) is 0.354. The maximum Gasteiger partial charge on any atom is 0.339 e. The Morgan fingerprint density at radius 3 is 2.48 bits per heavy atom. The number of aromatic nitrogens is 1. The van der Waals surface area contributed by atoms with Crippen LogP contribution in [-0.2, 0) is 10.2 Å². The molecule has 0 saturated heterocycles. The van der Waals surface area contributed by atoms with Gasteiger partial charge in [-0.25, -0.2) is 4.79 Å². The summed E-state index contributed by atoms with van der Waals surface area (Å²) >= 11 is 0. The molecule has 1 aromatic heterocycles. The predicted octanol–water partition coefficient (Wildman–Crippen LogP) is 6.21. The van der Waals surface area contributed by atoms with Crippen molar-refractivity contribution in [2.75, 3.05) is 6.79 Å². The summed E-state index contributed by atoms with van der Waals surface area (Å²) in [6, 6.07) is 23.0. The Balaban J connectivity index is 1.55. The molecule has 2 heterocycles. The van der Waals surface area contributed by atoms with Crippen molar-refractivity contribution in [3.8, 4) is 11.5 Å². The molecule has 5 rings (SSSR count). The normalized spacial score (nSPS) is 13.7. The first kappa shape index (κ1) is 21.0. The number of pyridine rings is 1. The van der Waals surface area contributed by atoms with E-state index in [-0.39, 0.29) is 12.2 Å². The monoisotopic (exact) mass is 439 g/mol. The molecule has 1 aliphatic rings. The summed E-state index contributed by atoms with van der Waals surface area (Å²) in [4.78, 5) is 17.8. The van der Waals surface area contributed by atoms with E-state index in [0.29, 0.717) is 22.8 Å². The predicted molar refractivity (Wildman–Crippen MR) is 127 cm³/mol. The van der Waals surface area contributed by atoms with E-state index < -0.39 is 12.1 Å². The smallest absolute Gasteiger partial charge is 0.339 e. The van der Waals surface area contributed by atoms with Crippen molar-refractivity contribution < 1.29 is 19.0 Å². The highest BCUT2D eigenvalue weighted by molar-refractivity contribution is 5.90. The molecule has 0 radical (unpaired) electrons. The van der Waals surface area contributed by atoms with Gasteiger partial charge in [0.05, 0.1) is 11.3 Å². The van der Waals surface area contributed by atoms with E-state index >= 15 is 0 Å². The van der Waals surface area contributed by atoms with Crippen LogP contribution in [0.1, 0.15) is 54.1 Å². The second kappa shape index (κ2) is 8.24. The zero-order valence-electron chi connectivity index (χ0n) is 18.9. The SMILES string of the molecule is CC(C)(C)c1ccc(C(=O)O[C@H](c2ccc3c(c2)OCO3)c2nccc3ccccc23)cc1. The van der Waals surface area contributed by atoms with Crippen molar-refractivity contribution in [3.05, 3.63) is 101 Å². The van der Waals surface area contributed by atoms with Crippen LogP contribution in [0.5, 0.6) is 11.5 Å². The topological polar surface area (TPSA) is 57.7 Å². The molecule has 0 fully saturated rings. The van der Waals surface area contributed by atoms with Gasteiger partial charge in [-0.3, -0.25) is 4.98 Å². The summed E-state index contributed by atoms with van der Waals surface area (Å²) in [5.41, 5.74) is 3.09. The lowest BCUT2D eigenvalue weighted by Gasteiger charge is -2.21. The molecule has 0 N–H and O–H groups in total. The lowest BCUT2D eigenvalue weighted by Crippen LogP contribution is -2.15. The van der Waals surface area contributed by atoms with Crippen LogP contribution in [0.3, 0.4) is 0 Å². The minimum Gasteiger partial charge on any atom is -0.454 e. The molecule has 0 unspecified atom stereocenters. The number of carbonyl (C=O) groups excluding carboxylic acids is 1. The van der Waals surface area contributed by atoms with Crippen LogP contribution in [0.4, 0.5) is 0 Å². The fraction of sp³-hybridized carbons (Fsp3) is 0.214. The van der Waals surface area contributed by atoms with Crippen molar-refractivity contribution >= 4 is 16.7 Å². The van der Waals surface area contributed by atoms with Crippen LogP contribution in [0.15, 0.2) is 79.0 Å². The zero-order chi connectivity index (χ0) is 23.0. The van der Waals surface area contributed by atoms with Gasteiger partial charge in [0.1, 0.15) is 0 Å². The summed E-state index contributed by atoms with van der Waals surface area (Å²) in [5, 5.41) is 1.96. The summed E-state index contributed by atoms with van der Waals surface area (Å²) < 4.78 is 17.1. The third kappa shape index (κ3) is 4.14. The molecule has 5 heteroatoms. The fourth-order valence-corrected chi connectivity index (χ4v) is 3.99. The minimum atomic E-state index is -0.708. The second-order valence-electron chi connectivity index (χ2n) is 9.14. The lowest BCUT2D eigenvalue weighted by atomic mass is 9.87. The molecule has 1 aliphatic heterocycles. The summed E-state index contributed by atoms with van der Waals surface area (Å²) in [6.07, 6.45) is 1.03. The van der Waals surface area contributed by atoms with Crippen molar-refractivity contribution in [2.24, 2.45) is 0 Å². The average molecular weight is 440 g/mol. The highest BCUT2D eigenvalue weighted by atomic mass is 16.7. The third-order valence-electron chi connectivity index (χ3n) is 5.86. The van der Waals surface area contributed by atoms with E-state index in [1.807, 2.05) is 72.8 Å². The maximum absolute atomic E-state index is 13.2. The Bertz CT molecular complexity index is 1320. The molecule has 0 amide bonds. The molecule has 0 bridgehead atoms. The lowest BCUT2D eigenvalue weighted by molar-refractivity contribution is 0.0373. The van der Waals surface area contributed by atoms with Crippen LogP contribution in [0, 0.1) is 0 Å². The van der Waals surface area contributed by atoms with Crippen LogP contribution in [0.25, 0.3) is 10.8 Å². The molecule has 0 aliphatic carbocycles. The van der Waals surface area contributed by atoms with Crippen LogP contribution >= 0.6 is 0 Å². The molecule has 4 aromatic rings.